The van der Waals surface area contributed by atoms with E-state index in [9.17, 15) is 9.18 Å². The number of ether oxygens (including phenoxy) is 1. The van der Waals surface area contributed by atoms with Crippen LogP contribution in [0.15, 0.2) is 67.0 Å². The number of nitrogens with zero attached hydrogens (tertiary/aromatic N) is 1. The van der Waals surface area contributed by atoms with E-state index in [1.165, 1.54) is 12.1 Å². The number of anilines is 1. The number of benzene rings is 2. The predicted molar refractivity (Wildman–Crippen MR) is 94.1 cm³/mol. The second-order valence-electron chi connectivity index (χ2n) is 5.55. The minimum absolute atomic E-state index is 0.181. The molecule has 5 heteroatoms. The zero-order valence-electron chi connectivity index (χ0n) is 13.7. The van der Waals surface area contributed by atoms with Crippen LogP contribution in [0.3, 0.4) is 0 Å². The van der Waals surface area contributed by atoms with Crippen LogP contribution >= 0.6 is 0 Å². The van der Waals surface area contributed by atoms with Gasteiger partial charge in [0.1, 0.15) is 18.2 Å². The van der Waals surface area contributed by atoms with Gasteiger partial charge in [-0.15, -0.1) is 0 Å². The van der Waals surface area contributed by atoms with E-state index in [4.69, 9.17) is 4.74 Å². The van der Waals surface area contributed by atoms with Gasteiger partial charge in [0, 0.05) is 6.20 Å². The lowest BCUT2D eigenvalue weighted by Crippen LogP contribution is -2.13. The molecule has 0 bridgehead atoms. The molecule has 4 nitrogen and oxygen atoms in total. The topological polar surface area (TPSA) is 51.2 Å². The summed E-state index contributed by atoms with van der Waals surface area (Å²) >= 11 is 0. The molecule has 1 amide bonds. The zero-order valence-corrected chi connectivity index (χ0v) is 13.7. The van der Waals surface area contributed by atoms with E-state index in [2.05, 4.69) is 10.3 Å². The Balaban J connectivity index is 1.76. The van der Waals surface area contributed by atoms with Gasteiger partial charge in [0.15, 0.2) is 0 Å². The smallest absolute Gasteiger partial charge is 0.259 e. The Morgan fingerprint density at radius 3 is 2.80 bits per heavy atom. The molecule has 1 N–H and O–H groups in total. The van der Waals surface area contributed by atoms with Crippen molar-refractivity contribution in [2.45, 2.75) is 13.5 Å². The number of hydrogen-bond donors (Lipinski definition) is 1. The molecule has 0 aliphatic heterocycles. The number of aryl methyl sites for hydroxylation is 1. The standard InChI is InChI=1S/C20H17FN2O2/c1-14-8-9-16(21)11-15(14)13-25-19-7-3-2-6-18(19)20(24)23-17-5-4-10-22-12-17/h2-12H,13H2,1H3,(H,23,24). The van der Waals surface area contributed by atoms with Crippen molar-refractivity contribution in [3.05, 3.63) is 89.5 Å². The van der Waals surface area contributed by atoms with E-state index in [1.54, 1.807) is 54.9 Å². The van der Waals surface area contributed by atoms with Crippen molar-refractivity contribution in [3.63, 3.8) is 0 Å². The molecule has 0 radical (unpaired) electrons. The third kappa shape index (κ3) is 4.20. The van der Waals surface area contributed by atoms with Crippen molar-refractivity contribution in [2.75, 3.05) is 5.32 Å². The Kier molecular flexibility index (Phi) is 5.04. The molecule has 0 aliphatic carbocycles. The molecule has 0 saturated carbocycles. The number of carbonyl (C=O) groups excluding carboxylic acids is 1. The molecule has 1 heterocycles. The Hall–Kier alpha value is -3.21. The molecule has 2 aromatic carbocycles. The van der Waals surface area contributed by atoms with Gasteiger partial charge in [-0.05, 0) is 54.4 Å². The van der Waals surface area contributed by atoms with Gasteiger partial charge in [-0.3, -0.25) is 9.78 Å². The normalized spacial score (nSPS) is 10.3. The van der Waals surface area contributed by atoms with Crippen molar-refractivity contribution in [1.82, 2.24) is 4.98 Å². The van der Waals surface area contributed by atoms with Gasteiger partial charge in [-0.25, -0.2) is 4.39 Å². The number of nitrogens with one attached hydrogen (secondary N) is 1. The van der Waals surface area contributed by atoms with Crippen LogP contribution in [0, 0.1) is 12.7 Å². The molecule has 0 spiro atoms. The number of hydrogen-bond acceptors (Lipinski definition) is 3. The number of halogens is 1. The Bertz CT molecular complexity index is 882. The van der Waals surface area contributed by atoms with Crippen LogP contribution < -0.4 is 10.1 Å². The lowest BCUT2D eigenvalue weighted by molar-refractivity contribution is 0.102. The second kappa shape index (κ2) is 7.57. The van der Waals surface area contributed by atoms with Gasteiger partial charge in [0.2, 0.25) is 0 Å². The summed E-state index contributed by atoms with van der Waals surface area (Å²) in [7, 11) is 0. The largest absolute Gasteiger partial charge is 0.488 e. The van der Waals surface area contributed by atoms with Crippen LogP contribution in [0.2, 0.25) is 0 Å². The molecule has 1 aromatic heterocycles. The zero-order chi connectivity index (χ0) is 17.6. The highest BCUT2D eigenvalue weighted by atomic mass is 19.1. The van der Waals surface area contributed by atoms with E-state index in [0.29, 0.717) is 17.0 Å². The molecule has 3 rings (SSSR count). The van der Waals surface area contributed by atoms with E-state index in [0.717, 1.165) is 11.1 Å². The first-order valence-corrected chi connectivity index (χ1v) is 7.82. The summed E-state index contributed by atoms with van der Waals surface area (Å²) in [6, 6.07) is 15.0. The summed E-state index contributed by atoms with van der Waals surface area (Å²) in [5, 5.41) is 2.78. The summed E-state index contributed by atoms with van der Waals surface area (Å²) in [5.74, 6) is -0.168. The molecule has 25 heavy (non-hydrogen) atoms. The first-order chi connectivity index (χ1) is 12.1. The van der Waals surface area contributed by atoms with Crippen molar-refractivity contribution in [2.24, 2.45) is 0 Å². The van der Waals surface area contributed by atoms with Crippen LogP contribution in [0.4, 0.5) is 10.1 Å². The molecule has 0 aliphatic rings. The third-order valence-corrected chi connectivity index (χ3v) is 3.75. The van der Waals surface area contributed by atoms with Crippen LogP contribution in [0.25, 0.3) is 0 Å². The van der Waals surface area contributed by atoms with Crippen molar-refractivity contribution < 1.29 is 13.9 Å². The van der Waals surface area contributed by atoms with Gasteiger partial charge in [0.25, 0.3) is 5.91 Å². The highest BCUT2D eigenvalue weighted by Gasteiger charge is 2.13. The number of aromatic nitrogens is 1. The number of amides is 1. The van der Waals surface area contributed by atoms with Gasteiger partial charge in [-0.1, -0.05) is 18.2 Å². The number of pyridine rings is 1. The fourth-order valence-electron chi connectivity index (χ4n) is 2.37. The lowest BCUT2D eigenvalue weighted by atomic mass is 10.1. The molecule has 126 valence electrons. The van der Waals surface area contributed by atoms with Crippen LogP contribution in [0.5, 0.6) is 5.75 Å². The number of rotatable bonds is 5. The molecule has 0 fully saturated rings. The summed E-state index contributed by atoms with van der Waals surface area (Å²) in [6.45, 7) is 2.07. The average Bonchev–Trinajstić information content (AvgIpc) is 2.63. The molecule has 0 unspecified atom stereocenters. The maximum atomic E-state index is 13.4. The Labute approximate surface area is 145 Å². The fraction of sp³-hybridized carbons (Fsp3) is 0.100. The van der Waals surface area contributed by atoms with Gasteiger partial charge in [-0.2, -0.15) is 0 Å². The van der Waals surface area contributed by atoms with Gasteiger partial charge in [0.05, 0.1) is 17.4 Å². The maximum Gasteiger partial charge on any atom is 0.259 e. The van der Waals surface area contributed by atoms with E-state index >= 15 is 0 Å². The lowest BCUT2D eigenvalue weighted by Gasteiger charge is -2.13. The Morgan fingerprint density at radius 2 is 2.00 bits per heavy atom. The molecular weight excluding hydrogens is 319 g/mol. The highest BCUT2D eigenvalue weighted by Crippen LogP contribution is 2.22. The van der Waals surface area contributed by atoms with E-state index < -0.39 is 0 Å². The van der Waals surface area contributed by atoms with Crippen LogP contribution in [-0.4, -0.2) is 10.9 Å². The first kappa shape index (κ1) is 16.6. The average molecular weight is 336 g/mol. The fourth-order valence-corrected chi connectivity index (χ4v) is 2.37. The summed E-state index contributed by atoms with van der Waals surface area (Å²) in [4.78, 5) is 16.5. The molecule has 0 atom stereocenters. The van der Waals surface area contributed by atoms with E-state index in [1.807, 2.05) is 6.92 Å². The maximum absolute atomic E-state index is 13.4. The third-order valence-electron chi connectivity index (χ3n) is 3.75. The minimum Gasteiger partial charge on any atom is -0.488 e. The molecule has 3 aromatic rings. The van der Waals surface area contributed by atoms with Crippen molar-refractivity contribution >= 4 is 11.6 Å². The molecular formula is C20H17FN2O2. The van der Waals surface area contributed by atoms with Crippen LogP contribution in [-0.2, 0) is 6.61 Å². The van der Waals surface area contributed by atoms with E-state index in [-0.39, 0.29) is 18.3 Å². The quantitative estimate of drug-likeness (QED) is 0.753. The van der Waals surface area contributed by atoms with Crippen molar-refractivity contribution in [3.8, 4) is 5.75 Å². The summed E-state index contributed by atoms with van der Waals surface area (Å²) < 4.78 is 19.2. The number of para-hydroxylation sites is 1. The minimum atomic E-state index is -0.313. The second-order valence-corrected chi connectivity index (χ2v) is 5.55. The monoisotopic (exact) mass is 336 g/mol. The van der Waals surface area contributed by atoms with Crippen molar-refractivity contribution in [1.29, 1.82) is 0 Å². The Morgan fingerprint density at radius 1 is 1.16 bits per heavy atom. The highest BCUT2D eigenvalue weighted by molar-refractivity contribution is 6.06. The summed E-state index contributed by atoms with van der Waals surface area (Å²) in [5.41, 5.74) is 2.67. The first-order valence-electron chi connectivity index (χ1n) is 7.82. The SMILES string of the molecule is Cc1ccc(F)cc1COc1ccccc1C(=O)Nc1cccnc1. The van der Waals surface area contributed by atoms with Gasteiger partial charge < -0.3 is 10.1 Å². The summed E-state index contributed by atoms with van der Waals surface area (Å²) in [6.07, 6.45) is 3.20. The van der Waals surface area contributed by atoms with Crippen LogP contribution in [0.1, 0.15) is 21.5 Å². The molecule has 0 saturated heterocycles. The number of carbonyl (C=O) groups is 1. The van der Waals surface area contributed by atoms with Gasteiger partial charge >= 0.3 is 0 Å². The predicted octanol–water partition coefficient (Wildman–Crippen LogP) is 4.36.